The summed E-state index contributed by atoms with van der Waals surface area (Å²) in [5.74, 6) is 0.458. The van der Waals surface area contributed by atoms with Gasteiger partial charge < -0.3 is 24.6 Å². The standard InChI is InChI=1S/C49H59N5O6SSi/c1-49(2,3)62(4,5)60-42(37-17-20-41(55)46-38(37)18-21-45(56)52-46)30-50-29-33-15-19-40-44(28-33)61-48(58)54(40)24-10-9-11-32-14-16-36(34-12-7-6-8-13-34)39(27-32)51-47(57)59-43-31-53-25-22-35(43)23-26-53/h6-8,12-21,27-28,35,42-43,50,55H,9-11,22-26,29-31H2,1-5H3,(H,51,57)(H,52,56)/t42-,43-/m0/s1. The molecule has 0 unspecified atom stereocenters. The first kappa shape index (κ1) is 43.6. The van der Waals surface area contributed by atoms with E-state index in [1.54, 1.807) is 12.1 Å². The smallest absolute Gasteiger partial charge is 0.411 e. The van der Waals surface area contributed by atoms with E-state index in [0.29, 0.717) is 31.1 Å². The average molecular weight is 874 g/mol. The number of aromatic nitrogens is 2. The second-order valence-corrected chi connectivity index (χ2v) is 24.3. The van der Waals surface area contributed by atoms with Gasteiger partial charge in [-0.25, -0.2) is 4.79 Å². The van der Waals surface area contributed by atoms with Crippen molar-refractivity contribution in [3.63, 3.8) is 0 Å². The molecule has 11 nitrogen and oxygen atoms in total. The van der Waals surface area contributed by atoms with E-state index in [4.69, 9.17) is 9.16 Å². The lowest BCUT2D eigenvalue weighted by Crippen LogP contribution is -2.52. The molecule has 62 heavy (non-hydrogen) atoms. The number of amides is 1. The maximum absolute atomic E-state index is 13.3. The van der Waals surface area contributed by atoms with Gasteiger partial charge in [0.1, 0.15) is 11.9 Å². The van der Waals surface area contributed by atoms with Crippen molar-refractivity contribution < 1.29 is 19.1 Å². The first-order valence-corrected chi connectivity index (χ1v) is 25.7. The number of nitrogens with one attached hydrogen (secondary N) is 3. The lowest BCUT2D eigenvalue weighted by molar-refractivity contribution is -0.0289. The highest BCUT2D eigenvalue weighted by Crippen LogP contribution is 2.41. The fourth-order valence-corrected chi connectivity index (χ4v) is 11.0. The number of hydrogen-bond acceptors (Lipinski definition) is 9. The van der Waals surface area contributed by atoms with Gasteiger partial charge in [-0.2, -0.15) is 0 Å². The summed E-state index contributed by atoms with van der Waals surface area (Å²) in [7, 11) is -2.23. The number of piperidine rings is 3. The van der Waals surface area contributed by atoms with Gasteiger partial charge in [-0.05, 0) is 122 Å². The van der Waals surface area contributed by atoms with E-state index in [-0.39, 0.29) is 33.4 Å². The molecule has 326 valence electrons. The molecule has 3 aliphatic heterocycles. The van der Waals surface area contributed by atoms with E-state index in [0.717, 1.165) is 101 Å². The molecule has 0 spiro atoms. The number of aryl methyl sites for hydroxylation is 2. The number of aromatic hydroxyl groups is 1. The molecule has 9 rings (SSSR count). The van der Waals surface area contributed by atoms with Crippen molar-refractivity contribution in [2.45, 2.75) is 96.3 Å². The Labute approximate surface area is 368 Å². The zero-order valence-corrected chi connectivity index (χ0v) is 38.3. The van der Waals surface area contributed by atoms with Crippen molar-refractivity contribution in [2.75, 3.05) is 31.5 Å². The number of carbonyl (C=O) groups is 1. The van der Waals surface area contributed by atoms with Crippen LogP contribution in [0.2, 0.25) is 18.1 Å². The number of phenols is 1. The topological polar surface area (TPSA) is 138 Å². The van der Waals surface area contributed by atoms with E-state index < -0.39 is 14.4 Å². The summed E-state index contributed by atoms with van der Waals surface area (Å²) in [6.07, 6.45) is 3.88. The van der Waals surface area contributed by atoms with Crippen molar-refractivity contribution >= 4 is 52.6 Å². The number of pyridine rings is 1. The van der Waals surface area contributed by atoms with Crippen LogP contribution in [0.3, 0.4) is 0 Å². The number of carbonyl (C=O) groups excluding carboxylic acids is 1. The molecule has 0 saturated carbocycles. The van der Waals surface area contributed by atoms with Gasteiger partial charge in [0.05, 0.1) is 27.5 Å². The summed E-state index contributed by atoms with van der Waals surface area (Å²) in [4.78, 5) is 43.9. The zero-order chi connectivity index (χ0) is 43.6. The van der Waals surface area contributed by atoms with Crippen LogP contribution in [0.1, 0.15) is 69.2 Å². The SMILES string of the molecule is CC(C)(C)[Si](C)(C)O[C@@H](CNCc1ccc2c(c1)sc(=O)n2CCCCc1ccc(-c2ccccc2)c(NC(=O)O[C@H]2CN3CCC2CC3)c1)c1ccc(O)c2[nH]c(=O)ccc12. The number of rotatable bonds is 15. The molecule has 0 radical (unpaired) electrons. The summed E-state index contributed by atoms with van der Waals surface area (Å²) in [5, 5.41) is 18.0. The van der Waals surface area contributed by atoms with Crippen molar-refractivity contribution in [1.29, 1.82) is 0 Å². The number of ether oxygens (including phenoxy) is 1. The molecular weight excluding hydrogens is 815 g/mol. The molecule has 4 aromatic carbocycles. The number of nitrogens with zero attached hydrogens (tertiary/aromatic N) is 2. The second-order valence-electron chi connectivity index (χ2n) is 18.5. The molecule has 6 aromatic rings. The maximum atomic E-state index is 13.3. The minimum Gasteiger partial charge on any atom is -0.506 e. The van der Waals surface area contributed by atoms with Crippen LogP contribution >= 0.6 is 11.3 Å². The van der Waals surface area contributed by atoms with Gasteiger partial charge in [0.2, 0.25) is 5.56 Å². The van der Waals surface area contributed by atoms with Crippen molar-refractivity contribution in [3.05, 3.63) is 128 Å². The molecule has 1 amide bonds. The summed E-state index contributed by atoms with van der Waals surface area (Å²) in [5.41, 5.74) is 6.88. The highest BCUT2D eigenvalue weighted by molar-refractivity contribution is 7.16. The molecule has 13 heteroatoms. The first-order valence-electron chi connectivity index (χ1n) is 22.0. The number of H-pyrrole nitrogens is 1. The summed E-state index contributed by atoms with van der Waals surface area (Å²) in [6, 6.07) is 29.3. The minimum absolute atomic E-state index is 0.0229. The molecule has 2 aromatic heterocycles. The van der Waals surface area contributed by atoms with E-state index in [1.165, 1.54) is 17.4 Å². The lowest BCUT2D eigenvalue weighted by Gasteiger charge is -2.43. The van der Waals surface area contributed by atoms with Gasteiger partial charge in [-0.3, -0.25) is 24.4 Å². The average Bonchev–Trinajstić information content (AvgIpc) is 3.56. The fourth-order valence-electron chi connectivity index (χ4n) is 8.71. The largest absolute Gasteiger partial charge is 0.506 e. The molecule has 5 heterocycles. The van der Waals surface area contributed by atoms with Gasteiger partial charge in [0.15, 0.2) is 8.32 Å². The minimum atomic E-state index is -2.23. The number of aromatic amines is 1. The van der Waals surface area contributed by atoms with Crippen LogP contribution in [0.15, 0.2) is 101 Å². The van der Waals surface area contributed by atoms with Crippen molar-refractivity contribution in [1.82, 2.24) is 19.8 Å². The van der Waals surface area contributed by atoms with Gasteiger partial charge in [0.25, 0.3) is 0 Å². The maximum Gasteiger partial charge on any atom is 0.411 e. The molecule has 3 saturated heterocycles. The predicted molar refractivity (Wildman–Crippen MR) is 253 cm³/mol. The normalized spacial score (nSPS) is 18.3. The molecular formula is C49H59N5O6SSi. The van der Waals surface area contributed by atoms with Gasteiger partial charge in [0, 0.05) is 43.2 Å². The van der Waals surface area contributed by atoms with Crippen molar-refractivity contribution in [2.24, 2.45) is 5.92 Å². The van der Waals surface area contributed by atoms with Crippen LogP contribution in [0.5, 0.6) is 5.75 Å². The van der Waals surface area contributed by atoms with Crippen LogP contribution in [-0.2, 0) is 28.7 Å². The first-order chi connectivity index (χ1) is 29.7. The van der Waals surface area contributed by atoms with Crippen molar-refractivity contribution in [3.8, 4) is 16.9 Å². The Bertz CT molecular complexity index is 2660. The van der Waals surface area contributed by atoms with Crippen LogP contribution < -0.4 is 21.1 Å². The Kier molecular flexibility index (Phi) is 12.9. The number of anilines is 1. The molecule has 2 atom stereocenters. The van der Waals surface area contributed by atoms with Gasteiger partial charge >= 0.3 is 11.0 Å². The van der Waals surface area contributed by atoms with Gasteiger partial charge in [-0.15, -0.1) is 0 Å². The number of thiazole rings is 1. The number of benzene rings is 4. The van der Waals surface area contributed by atoms with E-state index in [1.807, 2.05) is 34.9 Å². The third-order valence-corrected chi connectivity index (χ3v) is 18.7. The number of fused-ring (bicyclic) bond motifs is 5. The monoisotopic (exact) mass is 873 g/mol. The molecule has 0 aliphatic carbocycles. The van der Waals surface area contributed by atoms with E-state index in [9.17, 15) is 19.5 Å². The third kappa shape index (κ3) is 9.77. The Morgan fingerprint density at radius 1 is 0.952 bits per heavy atom. The third-order valence-electron chi connectivity index (χ3n) is 13.2. The van der Waals surface area contributed by atoms with Crippen LogP contribution in [0, 0.1) is 5.92 Å². The Balaban J connectivity index is 0.904. The predicted octanol–water partition coefficient (Wildman–Crippen LogP) is 9.80. The molecule has 3 aliphatic rings. The number of phenolic OH excluding ortho intramolecular Hbond substituents is 1. The van der Waals surface area contributed by atoms with Crippen LogP contribution in [0.25, 0.3) is 32.2 Å². The second kappa shape index (κ2) is 18.3. The van der Waals surface area contributed by atoms with Crippen LogP contribution in [-0.4, -0.2) is 66.3 Å². The quantitative estimate of drug-likeness (QED) is 0.0592. The highest BCUT2D eigenvalue weighted by atomic mass is 32.1. The lowest BCUT2D eigenvalue weighted by atomic mass is 9.86. The van der Waals surface area contributed by atoms with Gasteiger partial charge in [-0.1, -0.05) is 86.7 Å². The Morgan fingerprint density at radius 3 is 2.47 bits per heavy atom. The zero-order valence-electron chi connectivity index (χ0n) is 36.5. The molecule has 3 fully saturated rings. The molecule has 2 bridgehead atoms. The number of unbranched alkanes of at least 4 members (excludes halogenated alkanes) is 1. The fraction of sp³-hybridized carbons (Fsp3) is 0.408. The Morgan fingerprint density at radius 2 is 1.73 bits per heavy atom. The number of hydrogen-bond donors (Lipinski definition) is 4. The molecule has 4 N–H and O–H groups in total. The Hall–Kier alpha value is -5.05. The summed E-state index contributed by atoms with van der Waals surface area (Å²) >= 11 is 1.27. The van der Waals surface area contributed by atoms with Crippen LogP contribution in [0.4, 0.5) is 10.5 Å². The van der Waals surface area contributed by atoms with E-state index >= 15 is 0 Å². The van der Waals surface area contributed by atoms with E-state index in [2.05, 4.69) is 96.8 Å². The summed E-state index contributed by atoms with van der Waals surface area (Å²) < 4.78 is 15.8. The summed E-state index contributed by atoms with van der Waals surface area (Å²) in [6.45, 7) is 15.8. The highest BCUT2D eigenvalue weighted by Gasteiger charge is 2.40.